The normalized spacial score (nSPS) is 14.9. The maximum absolute atomic E-state index is 13.0. The van der Waals surface area contributed by atoms with Gasteiger partial charge in [0.25, 0.3) is 0 Å². The Kier molecular flexibility index (Phi) is 7.09. The summed E-state index contributed by atoms with van der Waals surface area (Å²) >= 11 is 0. The second kappa shape index (κ2) is 10.3. The highest BCUT2D eigenvalue weighted by atomic mass is 19.1. The first kappa shape index (κ1) is 21.9. The molecule has 4 rings (SSSR count). The van der Waals surface area contributed by atoms with Crippen molar-refractivity contribution < 1.29 is 14.0 Å². The number of carbonyl (C=O) groups excluding carboxylic acids is 2. The topological polar surface area (TPSA) is 64.7 Å². The van der Waals surface area contributed by atoms with Crippen LogP contribution in [0.5, 0.6) is 0 Å². The molecule has 7 heteroatoms. The molecule has 2 amide bonds. The van der Waals surface area contributed by atoms with Crippen molar-refractivity contribution in [2.75, 3.05) is 49.9 Å². The summed E-state index contributed by atoms with van der Waals surface area (Å²) in [5.41, 5.74) is 1.43. The molecular weight excluding hydrogens is 407 g/mol. The maximum atomic E-state index is 13.0. The number of halogens is 1. The quantitative estimate of drug-likeness (QED) is 0.597. The smallest absolute Gasteiger partial charge is 0.238 e. The van der Waals surface area contributed by atoms with Crippen LogP contribution in [-0.2, 0) is 9.59 Å². The minimum Gasteiger partial charge on any atom is -0.325 e. The molecule has 1 aliphatic rings. The maximum Gasteiger partial charge on any atom is 0.238 e. The largest absolute Gasteiger partial charge is 0.325 e. The first-order valence-corrected chi connectivity index (χ1v) is 10.8. The van der Waals surface area contributed by atoms with Crippen LogP contribution in [0.2, 0.25) is 0 Å². The predicted molar refractivity (Wildman–Crippen MR) is 125 cm³/mol. The van der Waals surface area contributed by atoms with Crippen molar-refractivity contribution in [2.45, 2.75) is 6.42 Å². The van der Waals surface area contributed by atoms with Gasteiger partial charge in [-0.2, -0.15) is 0 Å². The Morgan fingerprint density at radius 3 is 2.25 bits per heavy atom. The zero-order valence-corrected chi connectivity index (χ0v) is 17.9. The van der Waals surface area contributed by atoms with Crippen LogP contribution in [0.25, 0.3) is 10.8 Å². The van der Waals surface area contributed by atoms with Crippen LogP contribution in [0.15, 0.2) is 66.7 Å². The first-order chi connectivity index (χ1) is 15.6. The van der Waals surface area contributed by atoms with E-state index in [2.05, 4.69) is 20.4 Å². The van der Waals surface area contributed by atoms with Crippen molar-refractivity contribution in [1.29, 1.82) is 0 Å². The summed E-state index contributed by atoms with van der Waals surface area (Å²) in [5, 5.41) is 7.96. The molecule has 0 atom stereocenters. The third kappa shape index (κ3) is 5.90. The van der Waals surface area contributed by atoms with Crippen molar-refractivity contribution in [3.05, 3.63) is 72.5 Å². The second-order valence-corrected chi connectivity index (χ2v) is 8.00. The zero-order chi connectivity index (χ0) is 22.3. The molecule has 2 N–H and O–H groups in total. The van der Waals surface area contributed by atoms with Gasteiger partial charge in [-0.15, -0.1) is 0 Å². The van der Waals surface area contributed by atoms with Crippen LogP contribution in [0, 0.1) is 5.82 Å². The molecule has 0 unspecified atom stereocenters. The summed E-state index contributed by atoms with van der Waals surface area (Å²) in [5.74, 6) is -0.438. The van der Waals surface area contributed by atoms with Gasteiger partial charge in [0.1, 0.15) is 5.82 Å². The van der Waals surface area contributed by atoms with Gasteiger partial charge in [0.2, 0.25) is 11.8 Å². The summed E-state index contributed by atoms with van der Waals surface area (Å²) in [6.45, 7) is 4.14. The minimum absolute atomic E-state index is 0.00228. The standard InChI is InChI=1S/C25H27FN4O2/c26-20-8-10-21(11-9-20)27-25(32)18-30-16-14-29(15-17-30)13-12-24(31)28-23-7-3-5-19-4-1-2-6-22(19)23/h1-11H,12-18H2,(H,27,32)(H,28,31). The van der Waals surface area contributed by atoms with Crippen LogP contribution < -0.4 is 10.6 Å². The van der Waals surface area contributed by atoms with Crippen molar-refractivity contribution >= 4 is 34.0 Å². The summed E-state index contributed by atoms with van der Waals surface area (Å²) < 4.78 is 13.0. The Balaban J connectivity index is 1.18. The lowest BCUT2D eigenvalue weighted by Gasteiger charge is -2.34. The fraction of sp³-hybridized carbons (Fsp3) is 0.280. The number of anilines is 2. The van der Waals surface area contributed by atoms with Gasteiger partial charge in [-0.25, -0.2) is 4.39 Å². The fourth-order valence-electron chi connectivity index (χ4n) is 3.91. The molecule has 3 aromatic rings. The van der Waals surface area contributed by atoms with Gasteiger partial charge >= 0.3 is 0 Å². The monoisotopic (exact) mass is 434 g/mol. The molecule has 166 valence electrons. The zero-order valence-electron chi connectivity index (χ0n) is 17.9. The molecule has 1 saturated heterocycles. The molecular formula is C25H27FN4O2. The molecule has 1 aliphatic heterocycles. The van der Waals surface area contributed by atoms with Crippen LogP contribution in [0.3, 0.4) is 0 Å². The number of nitrogens with one attached hydrogen (secondary N) is 2. The van der Waals surface area contributed by atoms with E-state index in [1.807, 2.05) is 42.5 Å². The highest BCUT2D eigenvalue weighted by Crippen LogP contribution is 2.23. The van der Waals surface area contributed by atoms with Gasteiger partial charge < -0.3 is 15.5 Å². The van der Waals surface area contributed by atoms with Crippen LogP contribution in [0.4, 0.5) is 15.8 Å². The van der Waals surface area contributed by atoms with Gasteiger partial charge in [-0.3, -0.25) is 14.5 Å². The number of hydrogen-bond donors (Lipinski definition) is 2. The lowest BCUT2D eigenvalue weighted by molar-refractivity contribution is -0.117. The number of benzene rings is 3. The van der Waals surface area contributed by atoms with Crippen molar-refractivity contribution in [3.8, 4) is 0 Å². The van der Waals surface area contributed by atoms with Gasteiger partial charge in [0.05, 0.1) is 6.54 Å². The van der Waals surface area contributed by atoms with Gasteiger partial charge in [-0.1, -0.05) is 36.4 Å². The molecule has 1 heterocycles. The highest BCUT2D eigenvalue weighted by molar-refractivity contribution is 6.02. The Morgan fingerprint density at radius 1 is 0.781 bits per heavy atom. The molecule has 6 nitrogen and oxygen atoms in total. The van der Waals surface area contributed by atoms with E-state index in [4.69, 9.17) is 0 Å². The van der Waals surface area contributed by atoms with Crippen LogP contribution in [-0.4, -0.2) is 60.9 Å². The lowest BCUT2D eigenvalue weighted by atomic mass is 10.1. The molecule has 32 heavy (non-hydrogen) atoms. The number of hydrogen-bond acceptors (Lipinski definition) is 4. The molecule has 0 radical (unpaired) electrons. The third-order valence-corrected chi connectivity index (χ3v) is 5.68. The number of fused-ring (bicyclic) bond motifs is 1. The molecule has 0 aliphatic carbocycles. The SMILES string of the molecule is O=C(CN1CCN(CCC(=O)Nc2cccc3ccccc23)CC1)Nc1ccc(F)cc1. The predicted octanol–water partition coefficient (Wildman–Crippen LogP) is 3.56. The fourth-order valence-corrected chi connectivity index (χ4v) is 3.91. The summed E-state index contributed by atoms with van der Waals surface area (Å²) in [6, 6.07) is 19.7. The summed E-state index contributed by atoms with van der Waals surface area (Å²) in [7, 11) is 0. The molecule has 1 fully saturated rings. The Bertz CT molecular complexity index is 1070. The van der Waals surface area contributed by atoms with Gasteiger partial charge in [0.15, 0.2) is 0 Å². The summed E-state index contributed by atoms with van der Waals surface area (Å²) in [4.78, 5) is 29.0. The van der Waals surface area contributed by atoms with E-state index in [0.717, 1.165) is 42.6 Å². The first-order valence-electron chi connectivity index (χ1n) is 10.8. The van der Waals surface area contributed by atoms with Crippen molar-refractivity contribution in [2.24, 2.45) is 0 Å². The van der Waals surface area contributed by atoms with E-state index < -0.39 is 0 Å². The van der Waals surface area contributed by atoms with E-state index in [9.17, 15) is 14.0 Å². The third-order valence-electron chi connectivity index (χ3n) is 5.68. The lowest BCUT2D eigenvalue weighted by Crippen LogP contribution is -2.49. The molecule has 3 aromatic carbocycles. The average Bonchev–Trinajstić information content (AvgIpc) is 2.80. The average molecular weight is 435 g/mol. The molecule has 0 spiro atoms. The van der Waals surface area contributed by atoms with E-state index in [1.165, 1.54) is 12.1 Å². The number of nitrogens with zero attached hydrogens (tertiary/aromatic N) is 2. The van der Waals surface area contributed by atoms with Crippen molar-refractivity contribution in [1.82, 2.24) is 9.80 Å². The number of piperazine rings is 1. The van der Waals surface area contributed by atoms with E-state index in [1.54, 1.807) is 12.1 Å². The van der Waals surface area contributed by atoms with Crippen molar-refractivity contribution in [3.63, 3.8) is 0 Å². The second-order valence-electron chi connectivity index (χ2n) is 8.00. The van der Waals surface area contributed by atoms with Gasteiger partial charge in [0, 0.05) is 55.9 Å². The van der Waals surface area contributed by atoms with Crippen LogP contribution >= 0.6 is 0 Å². The minimum atomic E-state index is -0.329. The Morgan fingerprint density at radius 2 is 1.47 bits per heavy atom. The number of amides is 2. The van der Waals surface area contributed by atoms with Crippen LogP contribution in [0.1, 0.15) is 6.42 Å². The Hall–Kier alpha value is -3.29. The van der Waals surface area contributed by atoms with E-state index >= 15 is 0 Å². The van der Waals surface area contributed by atoms with Gasteiger partial charge in [-0.05, 0) is 35.7 Å². The van der Waals surface area contributed by atoms with E-state index in [0.29, 0.717) is 25.2 Å². The highest BCUT2D eigenvalue weighted by Gasteiger charge is 2.19. The molecule has 0 bridgehead atoms. The summed E-state index contributed by atoms with van der Waals surface area (Å²) in [6.07, 6.45) is 0.425. The van der Waals surface area contributed by atoms with E-state index in [-0.39, 0.29) is 17.6 Å². The number of rotatable bonds is 7. The number of carbonyl (C=O) groups is 2. The molecule has 0 aromatic heterocycles. The Labute approximate surface area is 187 Å². The molecule has 0 saturated carbocycles.